The number of carbonyl (C=O) groups is 1. The van der Waals surface area contributed by atoms with Crippen molar-refractivity contribution in [1.82, 2.24) is 0 Å². The van der Waals surface area contributed by atoms with Crippen molar-refractivity contribution in [3.8, 4) is 0 Å². The lowest BCUT2D eigenvalue weighted by atomic mass is 10.1. The van der Waals surface area contributed by atoms with Crippen LogP contribution in [0.4, 0.5) is 0 Å². The highest BCUT2D eigenvalue weighted by atomic mass is 79.9. The van der Waals surface area contributed by atoms with E-state index in [4.69, 9.17) is 8.83 Å². The summed E-state index contributed by atoms with van der Waals surface area (Å²) in [5.41, 5.74) is 1.02. The summed E-state index contributed by atoms with van der Waals surface area (Å²) in [6.45, 7) is 0. The van der Waals surface area contributed by atoms with E-state index >= 15 is 0 Å². The molecule has 0 radical (unpaired) electrons. The van der Waals surface area contributed by atoms with Gasteiger partial charge in [0.1, 0.15) is 6.26 Å². The van der Waals surface area contributed by atoms with Gasteiger partial charge in [0.25, 0.3) is 0 Å². The number of furan rings is 2. The summed E-state index contributed by atoms with van der Waals surface area (Å²) < 4.78 is 10.2. The van der Waals surface area contributed by atoms with Crippen LogP contribution in [-0.4, -0.2) is 5.78 Å². The quantitative estimate of drug-likeness (QED) is 0.759. The summed E-state index contributed by atoms with van der Waals surface area (Å²) in [4.78, 5) is 11.6. The molecule has 0 amide bonds. The number of hydrogen-bond acceptors (Lipinski definition) is 3. The van der Waals surface area contributed by atoms with E-state index in [9.17, 15) is 4.79 Å². The first-order valence-corrected chi connectivity index (χ1v) is 4.38. The molecule has 66 valence electrons. The molecular weight excluding hydrogens is 236 g/mol. The first-order chi connectivity index (χ1) is 6.29. The molecule has 3 nitrogen and oxygen atoms in total. The van der Waals surface area contributed by atoms with Crippen molar-refractivity contribution < 1.29 is 13.6 Å². The van der Waals surface area contributed by atoms with Crippen LogP contribution in [0.1, 0.15) is 15.9 Å². The zero-order chi connectivity index (χ0) is 9.26. The molecule has 0 spiro atoms. The van der Waals surface area contributed by atoms with Crippen LogP contribution in [0.25, 0.3) is 0 Å². The molecule has 0 N–H and O–H groups in total. The highest BCUT2D eigenvalue weighted by molar-refractivity contribution is 9.10. The molecule has 0 aromatic carbocycles. The van der Waals surface area contributed by atoms with Gasteiger partial charge in [-0.05, 0) is 28.1 Å². The Labute approximate surface area is 82.5 Å². The van der Waals surface area contributed by atoms with Crippen LogP contribution >= 0.6 is 15.9 Å². The topological polar surface area (TPSA) is 43.4 Å². The van der Waals surface area contributed by atoms with Crippen molar-refractivity contribution in [2.75, 3.05) is 0 Å². The van der Waals surface area contributed by atoms with Crippen LogP contribution in [0.2, 0.25) is 0 Å². The fourth-order valence-corrected chi connectivity index (χ4v) is 1.43. The Morgan fingerprint density at radius 1 is 1.31 bits per heavy atom. The molecule has 0 atom stereocenters. The maximum absolute atomic E-state index is 11.6. The number of halogens is 1. The van der Waals surface area contributed by atoms with Crippen LogP contribution < -0.4 is 0 Å². The molecule has 2 aromatic heterocycles. The Kier molecular flexibility index (Phi) is 2.06. The van der Waals surface area contributed by atoms with Crippen molar-refractivity contribution in [1.29, 1.82) is 0 Å². The molecule has 2 rings (SSSR count). The van der Waals surface area contributed by atoms with Gasteiger partial charge >= 0.3 is 0 Å². The zero-order valence-corrected chi connectivity index (χ0v) is 8.08. The van der Waals surface area contributed by atoms with Gasteiger partial charge in [-0.2, -0.15) is 0 Å². The smallest absolute Gasteiger partial charge is 0.200 e. The number of ketones is 1. The van der Waals surface area contributed by atoms with Crippen LogP contribution in [0.15, 0.2) is 44.4 Å². The fourth-order valence-electron chi connectivity index (χ4n) is 1.00. The van der Waals surface area contributed by atoms with E-state index in [1.54, 1.807) is 12.1 Å². The molecule has 0 fully saturated rings. The van der Waals surface area contributed by atoms with Crippen molar-refractivity contribution >= 4 is 21.7 Å². The second kappa shape index (κ2) is 3.22. The van der Waals surface area contributed by atoms with E-state index in [0.717, 1.165) is 0 Å². The maximum Gasteiger partial charge on any atom is 0.200 e. The van der Waals surface area contributed by atoms with E-state index in [1.807, 2.05) is 0 Å². The van der Waals surface area contributed by atoms with Gasteiger partial charge in [-0.1, -0.05) is 0 Å². The molecular formula is C9H5BrO3. The van der Waals surface area contributed by atoms with Gasteiger partial charge in [0.15, 0.2) is 4.67 Å². The normalized spacial score (nSPS) is 10.2. The fraction of sp³-hybridized carbons (Fsp3) is 0. The third-order valence-electron chi connectivity index (χ3n) is 1.65. The maximum atomic E-state index is 11.6. The lowest BCUT2D eigenvalue weighted by molar-refractivity contribution is 0.103. The summed E-state index contributed by atoms with van der Waals surface area (Å²) in [6.07, 6.45) is 4.32. The Hall–Kier alpha value is -1.29. The molecule has 0 aliphatic rings. The van der Waals surface area contributed by atoms with Crippen LogP contribution in [-0.2, 0) is 0 Å². The minimum Gasteiger partial charge on any atom is -0.472 e. The van der Waals surface area contributed by atoms with Crippen molar-refractivity contribution in [3.63, 3.8) is 0 Å². The van der Waals surface area contributed by atoms with Gasteiger partial charge in [-0.25, -0.2) is 0 Å². The van der Waals surface area contributed by atoms with Crippen molar-refractivity contribution in [2.45, 2.75) is 0 Å². The Morgan fingerprint density at radius 2 is 2.15 bits per heavy atom. The molecule has 0 bridgehead atoms. The third kappa shape index (κ3) is 1.45. The third-order valence-corrected chi connectivity index (χ3v) is 2.26. The summed E-state index contributed by atoms with van der Waals surface area (Å²) >= 11 is 3.13. The second-order valence-electron chi connectivity index (χ2n) is 2.45. The van der Waals surface area contributed by atoms with E-state index in [-0.39, 0.29) is 5.78 Å². The minimum absolute atomic E-state index is 0.116. The number of carbonyl (C=O) groups excluding carboxylic acids is 1. The van der Waals surface area contributed by atoms with Gasteiger partial charge < -0.3 is 8.83 Å². The predicted molar refractivity (Wildman–Crippen MR) is 48.5 cm³/mol. The molecule has 0 saturated carbocycles. The predicted octanol–water partition coefficient (Wildman–Crippen LogP) is 2.87. The second-order valence-corrected chi connectivity index (χ2v) is 3.17. The monoisotopic (exact) mass is 240 g/mol. The molecule has 13 heavy (non-hydrogen) atoms. The minimum atomic E-state index is -0.116. The standard InChI is InChI=1S/C9H5BrO3/c10-9-7(2-4-13-9)8(11)6-1-3-12-5-6/h1-5H. The highest BCUT2D eigenvalue weighted by Crippen LogP contribution is 2.20. The zero-order valence-electron chi connectivity index (χ0n) is 6.49. The van der Waals surface area contributed by atoms with Gasteiger partial charge in [0.2, 0.25) is 5.78 Å². The van der Waals surface area contributed by atoms with Crippen LogP contribution in [0, 0.1) is 0 Å². The van der Waals surface area contributed by atoms with E-state index in [2.05, 4.69) is 15.9 Å². The lowest BCUT2D eigenvalue weighted by Crippen LogP contribution is -1.97. The SMILES string of the molecule is O=C(c1ccoc1)c1ccoc1Br. The summed E-state index contributed by atoms with van der Waals surface area (Å²) in [6, 6.07) is 3.22. The Morgan fingerprint density at radius 3 is 2.69 bits per heavy atom. The molecule has 2 heterocycles. The van der Waals surface area contributed by atoms with Gasteiger partial charge in [-0.15, -0.1) is 0 Å². The van der Waals surface area contributed by atoms with Gasteiger partial charge in [-0.3, -0.25) is 4.79 Å². The molecule has 4 heteroatoms. The van der Waals surface area contributed by atoms with Gasteiger partial charge in [0.05, 0.1) is 23.7 Å². The molecule has 0 saturated heterocycles. The molecule has 0 unspecified atom stereocenters. The average Bonchev–Trinajstić information content (AvgIpc) is 2.72. The van der Waals surface area contributed by atoms with E-state index in [1.165, 1.54) is 18.8 Å². The average molecular weight is 241 g/mol. The number of hydrogen-bond donors (Lipinski definition) is 0. The molecule has 0 aliphatic heterocycles. The van der Waals surface area contributed by atoms with Crippen molar-refractivity contribution in [3.05, 3.63) is 46.7 Å². The van der Waals surface area contributed by atoms with E-state index in [0.29, 0.717) is 15.8 Å². The van der Waals surface area contributed by atoms with Crippen LogP contribution in [0.5, 0.6) is 0 Å². The number of rotatable bonds is 2. The van der Waals surface area contributed by atoms with E-state index < -0.39 is 0 Å². The first-order valence-electron chi connectivity index (χ1n) is 3.59. The summed E-state index contributed by atoms with van der Waals surface area (Å²) in [5, 5.41) is 0. The summed E-state index contributed by atoms with van der Waals surface area (Å²) in [7, 11) is 0. The largest absolute Gasteiger partial charge is 0.472 e. The molecule has 2 aromatic rings. The van der Waals surface area contributed by atoms with Crippen LogP contribution in [0.3, 0.4) is 0 Å². The first kappa shape index (κ1) is 8.31. The Balaban J connectivity index is 2.39. The highest BCUT2D eigenvalue weighted by Gasteiger charge is 2.15. The Bertz CT molecular complexity index is 414. The van der Waals surface area contributed by atoms with Gasteiger partial charge in [0, 0.05) is 0 Å². The lowest BCUT2D eigenvalue weighted by Gasteiger charge is -1.91. The van der Waals surface area contributed by atoms with Crippen molar-refractivity contribution in [2.24, 2.45) is 0 Å². The summed E-state index contributed by atoms with van der Waals surface area (Å²) in [5.74, 6) is -0.116. The molecule has 0 aliphatic carbocycles.